The van der Waals surface area contributed by atoms with Crippen LogP contribution in [0.4, 0.5) is 0 Å². The lowest BCUT2D eigenvalue weighted by atomic mass is 9.50. The first-order valence-corrected chi connectivity index (χ1v) is 16.8. The molecular weight excluding hydrogens is 560 g/mol. The summed E-state index contributed by atoms with van der Waals surface area (Å²) in [5.74, 6) is -0.545. The molecule has 0 aromatic rings. The van der Waals surface area contributed by atoms with Crippen LogP contribution < -0.4 is 11.1 Å². The Morgan fingerprint density at radius 2 is 1.66 bits per heavy atom. The molecule has 0 aromatic carbocycles. The number of rotatable bonds is 17. The van der Waals surface area contributed by atoms with E-state index in [1.54, 1.807) is 40.0 Å². The lowest BCUT2D eigenvalue weighted by Gasteiger charge is -2.62. The summed E-state index contributed by atoms with van der Waals surface area (Å²) in [7, 11) is 4.97. The topological polar surface area (TPSA) is 131 Å². The summed E-state index contributed by atoms with van der Waals surface area (Å²) in [6.07, 6.45) is 4.80. The van der Waals surface area contributed by atoms with Gasteiger partial charge in [0.25, 0.3) is 0 Å². The van der Waals surface area contributed by atoms with Gasteiger partial charge in [0.05, 0.1) is 42.2 Å². The molecule has 0 aromatic heterocycles. The first-order valence-electron chi connectivity index (χ1n) is 16.8. The molecule has 4 fully saturated rings. The minimum Gasteiger partial charge on any atom is -0.379 e. The number of amides is 3. The van der Waals surface area contributed by atoms with Crippen LogP contribution in [0.15, 0.2) is 0 Å². The Bertz CT molecular complexity index is 1020. The molecule has 1 heterocycles. The zero-order chi connectivity index (χ0) is 33.1. The van der Waals surface area contributed by atoms with Crippen LogP contribution in [0, 0.1) is 29.6 Å². The average Bonchev–Trinajstić information content (AvgIpc) is 3.40. The van der Waals surface area contributed by atoms with E-state index in [-0.39, 0.29) is 65.8 Å². The highest BCUT2D eigenvalue weighted by Gasteiger charge is 2.58. The van der Waals surface area contributed by atoms with Crippen molar-refractivity contribution in [3.05, 3.63) is 0 Å². The first kappa shape index (κ1) is 36.4. The molecule has 3 aliphatic carbocycles. The zero-order valence-electron chi connectivity index (χ0n) is 29.0. The molecule has 252 valence electrons. The van der Waals surface area contributed by atoms with Gasteiger partial charge in [-0.15, -0.1) is 0 Å². The minimum absolute atomic E-state index is 0.00255. The molecule has 3 amide bonds. The standard InChI is InChI=1S/C34H60N4O6/c1-11-21(4)29(37(8)32(42)24(20(2)3)15-27(39)33(6,7)35)26(43-9)16-28(40)38-14-12-13-25(38)30(44-10)22(5)31(41)36-34-17-23(18-34)19-34/h20-26,29-30H,11-19,35H2,1-10H3,(H,36,41)/t21-,22+,23?,24-,25-,26+,29-,30+,34?/m0/s1. The molecule has 7 atom stereocenters. The lowest BCUT2D eigenvalue weighted by molar-refractivity contribution is -0.150. The van der Waals surface area contributed by atoms with Crippen LogP contribution in [0.2, 0.25) is 0 Å². The van der Waals surface area contributed by atoms with Gasteiger partial charge in [-0.25, -0.2) is 0 Å². The maximum Gasteiger partial charge on any atom is 0.226 e. The molecule has 10 nitrogen and oxygen atoms in total. The Hall–Kier alpha value is -2.04. The molecule has 44 heavy (non-hydrogen) atoms. The SMILES string of the molecule is CC[C@H](C)[C@@H]([C@@H](CC(=O)N1CCC[C@H]1[C@H](OC)[C@@H](C)C(=O)NC12CC(C1)C2)OC)N(C)C(=O)[C@@H](CC(=O)C(C)(C)N)C(C)C. The Morgan fingerprint density at radius 1 is 1.05 bits per heavy atom. The number of nitrogens with zero attached hydrogens (tertiary/aromatic N) is 2. The van der Waals surface area contributed by atoms with Crippen LogP contribution in [0.1, 0.15) is 99.8 Å². The van der Waals surface area contributed by atoms with Crippen molar-refractivity contribution in [2.24, 2.45) is 35.3 Å². The zero-order valence-corrected chi connectivity index (χ0v) is 29.0. The van der Waals surface area contributed by atoms with E-state index in [1.807, 2.05) is 25.7 Å². The van der Waals surface area contributed by atoms with Crippen molar-refractivity contribution in [2.75, 3.05) is 27.8 Å². The third-order valence-electron chi connectivity index (χ3n) is 10.9. The largest absolute Gasteiger partial charge is 0.379 e. The van der Waals surface area contributed by atoms with Gasteiger partial charge >= 0.3 is 0 Å². The molecule has 3 N–H and O–H groups in total. The van der Waals surface area contributed by atoms with E-state index in [2.05, 4.69) is 19.2 Å². The summed E-state index contributed by atoms with van der Waals surface area (Å²) < 4.78 is 11.9. The molecule has 1 aliphatic heterocycles. The summed E-state index contributed by atoms with van der Waals surface area (Å²) in [6, 6.07) is -0.586. The molecule has 4 rings (SSSR count). The fourth-order valence-electron chi connectivity index (χ4n) is 7.65. The number of hydrogen-bond donors (Lipinski definition) is 2. The van der Waals surface area contributed by atoms with E-state index >= 15 is 0 Å². The molecule has 0 radical (unpaired) electrons. The monoisotopic (exact) mass is 620 g/mol. The van der Waals surface area contributed by atoms with Crippen LogP contribution in [0.3, 0.4) is 0 Å². The second-order valence-corrected chi connectivity index (χ2v) is 15.0. The fraction of sp³-hybridized carbons (Fsp3) is 0.882. The molecule has 0 unspecified atom stereocenters. The van der Waals surface area contributed by atoms with Crippen molar-refractivity contribution in [3.8, 4) is 0 Å². The van der Waals surface area contributed by atoms with E-state index in [9.17, 15) is 19.2 Å². The van der Waals surface area contributed by atoms with Crippen LogP contribution in [-0.2, 0) is 28.7 Å². The Kier molecular flexibility index (Phi) is 12.1. The summed E-state index contributed by atoms with van der Waals surface area (Å²) in [5.41, 5.74) is 5.03. The summed E-state index contributed by atoms with van der Waals surface area (Å²) in [4.78, 5) is 57.5. The second kappa shape index (κ2) is 14.6. The number of nitrogens with two attached hydrogens (primary N) is 1. The van der Waals surface area contributed by atoms with Crippen molar-refractivity contribution in [1.29, 1.82) is 0 Å². The van der Waals surface area contributed by atoms with Crippen LogP contribution >= 0.6 is 0 Å². The summed E-state index contributed by atoms with van der Waals surface area (Å²) >= 11 is 0. The van der Waals surface area contributed by atoms with E-state index < -0.39 is 29.6 Å². The Labute approximate surface area is 265 Å². The molecule has 3 saturated carbocycles. The highest BCUT2D eigenvalue weighted by atomic mass is 16.5. The Balaban J connectivity index is 1.75. The number of carbonyl (C=O) groups excluding carboxylic acids is 4. The normalized spacial score (nSPS) is 27.0. The lowest BCUT2D eigenvalue weighted by Crippen LogP contribution is -2.69. The number of carbonyl (C=O) groups is 4. The average molecular weight is 621 g/mol. The first-order chi connectivity index (χ1) is 20.5. The van der Waals surface area contributed by atoms with Gasteiger partial charge < -0.3 is 30.3 Å². The number of nitrogens with one attached hydrogen (secondary N) is 1. The van der Waals surface area contributed by atoms with Crippen molar-refractivity contribution in [3.63, 3.8) is 0 Å². The highest BCUT2D eigenvalue weighted by molar-refractivity contribution is 5.92. The third kappa shape index (κ3) is 7.84. The van der Waals surface area contributed by atoms with E-state index in [0.717, 1.165) is 44.4 Å². The van der Waals surface area contributed by atoms with Gasteiger partial charge in [-0.2, -0.15) is 0 Å². The maximum atomic E-state index is 14.0. The van der Waals surface area contributed by atoms with E-state index in [1.165, 1.54) is 0 Å². The molecule has 4 aliphatic rings. The predicted molar refractivity (Wildman–Crippen MR) is 171 cm³/mol. The summed E-state index contributed by atoms with van der Waals surface area (Å²) in [5, 5.41) is 3.27. The molecule has 10 heteroatoms. The number of likely N-dealkylation sites (N-methyl/N-ethyl adjacent to an activating group) is 1. The number of Topliss-reactive ketones (excluding diaryl/α,β-unsaturated/α-hetero) is 1. The summed E-state index contributed by atoms with van der Waals surface area (Å²) in [6.45, 7) is 13.8. The smallest absolute Gasteiger partial charge is 0.226 e. The van der Waals surface area contributed by atoms with Crippen LogP contribution in [0.25, 0.3) is 0 Å². The number of hydrogen-bond acceptors (Lipinski definition) is 7. The van der Waals surface area contributed by atoms with Crippen molar-refractivity contribution in [2.45, 2.75) is 135 Å². The third-order valence-corrected chi connectivity index (χ3v) is 10.9. The van der Waals surface area contributed by atoms with Gasteiger partial charge in [-0.05, 0) is 63.7 Å². The van der Waals surface area contributed by atoms with Gasteiger partial charge in [0.2, 0.25) is 17.7 Å². The van der Waals surface area contributed by atoms with Crippen molar-refractivity contribution < 1.29 is 28.7 Å². The molecular formula is C34H60N4O6. The van der Waals surface area contributed by atoms with Gasteiger partial charge in [-0.3, -0.25) is 19.2 Å². The van der Waals surface area contributed by atoms with Crippen molar-refractivity contribution >= 4 is 23.5 Å². The van der Waals surface area contributed by atoms with Gasteiger partial charge in [0.15, 0.2) is 5.78 Å². The molecule has 2 bridgehead atoms. The van der Waals surface area contributed by atoms with Gasteiger partial charge in [-0.1, -0.05) is 41.0 Å². The number of likely N-dealkylation sites (tertiary alicyclic amines) is 1. The predicted octanol–water partition coefficient (Wildman–Crippen LogP) is 3.54. The Morgan fingerprint density at radius 3 is 2.11 bits per heavy atom. The molecule has 1 saturated heterocycles. The number of methoxy groups -OCH3 is 2. The highest BCUT2D eigenvalue weighted by Crippen LogP contribution is 2.57. The van der Waals surface area contributed by atoms with Crippen LogP contribution in [0.5, 0.6) is 0 Å². The van der Waals surface area contributed by atoms with Crippen molar-refractivity contribution in [1.82, 2.24) is 15.1 Å². The fourth-order valence-corrected chi connectivity index (χ4v) is 7.65. The maximum absolute atomic E-state index is 14.0. The van der Waals surface area contributed by atoms with E-state index in [0.29, 0.717) is 6.54 Å². The van der Waals surface area contributed by atoms with E-state index in [4.69, 9.17) is 15.2 Å². The van der Waals surface area contributed by atoms with Gasteiger partial charge in [0.1, 0.15) is 0 Å². The number of ketones is 1. The van der Waals surface area contributed by atoms with Crippen LogP contribution in [-0.4, -0.2) is 96.5 Å². The second-order valence-electron chi connectivity index (χ2n) is 15.0. The quantitative estimate of drug-likeness (QED) is 0.254. The molecule has 0 spiro atoms. The minimum atomic E-state index is -1.02. The number of ether oxygens (including phenoxy) is 2. The van der Waals surface area contributed by atoms with Gasteiger partial charge in [0, 0.05) is 45.7 Å².